The third kappa shape index (κ3) is 3.72. The van der Waals surface area contributed by atoms with Gasteiger partial charge in [-0.3, -0.25) is 0 Å². The molecule has 0 spiro atoms. The van der Waals surface area contributed by atoms with Crippen LogP contribution in [-0.4, -0.2) is 45.1 Å². The van der Waals surface area contributed by atoms with E-state index < -0.39 is 30.8 Å². The normalized spacial score (nSPS) is 13.7. The first-order valence-electron chi connectivity index (χ1n) is 4.95. The lowest BCUT2D eigenvalue weighted by Gasteiger charge is -2.14. The molecule has 2 atom stereocenters. The summed E-state index contributed by atoms with van der Waals surface area (Å²) in [5.41, 5.74) is 0.188. The van der Waals surface area contributed by atoms with Crippen LogP contribution in [0.4, 0.5) is 0 Å². The molecule has 7 heteroatoms. The van der Waals surface area contributed by atoms with Crippen LogP contribution in [0.3, 0.4) is 0 Å². The number of carboxylic acids is 2. The van der Waals surface area contributed by atoms with E-state index in [0.29, 0.717) is 0 Å². The third-order valence-electron chi connectivity index (χ3n) is 2.14. The van der Waals surface area contributed by atoms with Crippen molar-refractivity contribution in [2.75, 3.05) is 6.61 Å². The maximum absolute atomic E-state index is 10.5. The molecule has 0 aliphatic heterocycles. The highest BCUT2D eigenvalue weighted by Gasteiger charge is 2.24. The number of aliphatic carboxylic acids is 2. The fourth-order valence-electron chi connectivity index (χ4n) is 1.22. The van der Waals surface area contributed by atoms with Crippen LogP contribution in [0, 0.1) is 0 Å². The molecule has 0 amide bonds. The summed E-state index contributed by atoms with van der Waals surface area (Å²) in [4.78, 5) is 20.7. The lowest BCUT2D eigenvalue weighted by Crippen LogP contribution is -2.27. The number of aliphatic hydroxyl groups is 2. The molecule has 18 heavy (non-hydrogen) atoms. The minimum absolute atomic E-state index is 0.188. The van der Waals surface area contributed by atoms with Gasteiger partial charge < -0.3 is 25.2 Å². The van der Waals surface area contributed by atoms with Crippen molar-refractivity contribution in [3.05, 3.63) is 29.8 Å². The largest absolute Gasteiger partial charge is 0.482 e. The van der Waals surface area contributed by atoms with E-state index in [9.17, 15) is 14.7 Å². The number of rotatable bonds is 6. The average Bonchev–Trinajstić information content (AvgIpc) is 2.35. The van der Waals surface area contributed by atoms with Gasteiger partial charge in [0.15, 0.2) is 12.7 Å². The van der Waals surface area contributed by atoms with E-state index in [1.165, 1.54) is 24.3 Å². The van der Waals surface area contributed by atoms with Crippen molar-refractivity contribution in [1.29, 1.82) is 0 Å². The summed E-state index contributed by atoms with van der Waals surface area (Å²) in [6, 6.07) is 5.42. The van der Waals surface area contributed by atoms with Crippen molar-refractivity contribution in [3.63, 3.8) is 0 Å². The lowest BCUT2D eigenvalue weighted by atomic mass is 10.0. The van der Waals surface area contributed by atoms with E-state index in [1.54, 1.807) is 0 Å². The third-order valence-corrected chi connectivity index (χ3v) is 2.14. The zero-order valence-corrected chi connectivity index (χ0v) is 9.18. The molecule has 98 valence electrons. The molecule has 0 fully saturated rings. The predicted octanol–water partition coefficient (Wildman–Crippen LogP) is -0.371. The molecule has 0 heterocycles. The standard InChI is InChI=1S/C11H12O7/c12-8(13)5-18-7-3-1-6(2-4-7)9(14)10(15)11(16)17/h1-4,9-10,14-15H,5H2,(H,12,13)(H,16,17). The molecule has 4 N–H and O–H groups in total. The van der Waals surface area contributed by atoms with E-state index in [0.717, 1.165) is 0 Å². The van der Waals surface area contributed by atoms with Gasteiger partial charge in [-0.25, -0.2) is 9.59 Å². The molecule has 0 aromatic heterocycles. The van der Waals surface area contributed by atoms with E-state index in [1.807, 2.05) is 0 Å². The van der Waals surface area contributed by atoms with Crippen LogP contribution >= 0.6 is 0 Å². The second-order valence-corrected chi connectivity index (χ2v) is 3.48. The van der Waals surface area contributed by atoms with Gasteiger partial charge in [0.1, 0.15) is 11.9 Å². The average molecular weight is 256 g/mol. The van der Waals surface area contributed by atoms with Gasteiger partial charge in [0, 0.05) is 0 Å². The Morgan fingerprint density at radius 2 is 1.67 bits per heavy atom. The van der Waals surface area contributed by atoms with Crippen LogP contribution in [0.15, 0.2) is 24.3 Å². The highest BCUT2D eigenvalue weighted by Crippen LogP contribution is 2.20. The van der Waals surface area contributed by atoms with Crippen molar-refractivity contribution < 1.29 is 34.8 Å². The quantitative estimate of drug-likeness (QED) is 0.547. The van der Waals surface area contributed by atoms with Gasteiger partial charge >= 0.3 is 11.9 Å². The minimum atomic E-state index is -1.92. The number of aliphatic hydroxyl groups excluding tert-OH is 2. The van der Waals surface area contributed by atoms with Crippen molar-refractivity contribution in [1.82, 2.24) is 0 Å². The zero-order valence-electron chi connectivity index (χ0n) is 9.18. The Labute approximate surface area is 102 Å². The molecule has 0 aliphatic carbocycles. The number of hydrogen-bond donors (Lipinski definition) is 4. The molecular weight excluding hydrogens is 244 g/mol. The summed E-state index contributed by atoms with van der Waals surface area (Å²) >= 11 is 0. The van der Waals surface area contributed by atoms with Crippen LogP contribution in [0.25, 0.3) is 0 Å². The number of benzene rings is 1. The predicted molar refractivity (Wildman–Crippen MR) is 58.2 cm³/mol. The first-order chi connectivity index (χ1) is 8.41. The maximum Gasteiger partial charge on any atom is 0.341 e. The van der Waals surface area contributed by atoms with E-state index >= 15 is 0 Å². The Balaban J connectivity index is 2.70. The second kappa shape index (κ2) is 5.99. The smallest absolute Gasteiger partial charge is 0.341 e. The summed E-state index contributed by atoms with van der Waals surface area (Å²) in [5.74, 6) is -2.40. The lowest BCUT2D eigenvalue weighted by molar-refractivity contribution is -0.153. The molecule has 0 radical (unpaired) electrons. The highest BCUT2D eigenvalue weighted by atomic mass is 16.5. The van der Waals surface area contributed by atoms with Gasteiger partial charge in [0.2, 0.25) is 0 Å². The minimum Gasteiger partial charge on any atom is -0.482 e. The molecule has 0 saturated carbocycles. The summed E-state index contributed by atoms with van der Waals surface area (Å²) in [6.07, 6.45) is -3.48. The van der Waals surface area contributed by atoms with Gasteiger partial charge in [-0.15, -0.1) is 0 Å². The Kier molecular flexibility index (Phi) is 4.64. The van der Waals surface area contributed by atoms with E-state index in [2.05, 4.69) is 0 Å². The van der Waals surface area contributed by atoms with Gasteiger partial charge in [-0.1, -0.05) is 12.1 Å². The molecule has 0 bridgehead atoms. The number of carboxylic acid groups (broad SMARTS) is 2. The molecule has 2 unspecified atom stereocenters. The summed E-state index contributed by atoms with van der Waals surface area (Å²) < 4.78 is 4.85. The topological polar surface area (TPSA) is 124 Å². The van der Waals surface area contributed by atoms with E-state index in [-0.39, 0.29) is 11.3 Å². The first-order valence-corrected chi connectivity index (χ1v) is 4.95. The summed E-state index contributed by atoms with van der Waals surface area (Å²) in [7, 11) is 0. The van der Waals surface area contributed by atoms with Gasteiger partial charge in [-0.05, 0) is 17.7 Å². The Bertz CT molecular complexity index is 426. The number of carbonyl (C=O) groups is 2. The van der Waals surface area contributed by atoms with Crippen LogP contribution in [0.5, 0.6) is 5.75 Å². The molecule has 0 aliphatic rings. The fourth-order valence-corrected chi connectivity index (χ4v) is 1.22. The van der Waals surface area contributed by atoms with Crippen molar-refractivity contribution >= 4 is 11.9 Å². The molecule has 7 nitrogen and oxygen atoms in total. The number of ether oxygens (including phenoxy) is 1. The van der Waals surface area contributed by atoms with Crippen LogP contribution in [-0.2, 0) is 9.59 Å². The van der Waals surface area contributed by atoms with Gasteiger partial charge in [0.05, 0.1) is 0 Å². The Morgan fingerprint density at radius 3 is 2.11 bits per heavy atom. The first kappa shape index (κ1) is 13.9. The Hall–Kier alpha value is -2.12. The zero-order chi connectivity index (χ0) is 13.7. The van der Waals surface area contributed by atoms with Crippen molar-refractivity contribution in [2.24, 2.45) is 0 Å². The molecule has 1 rings (SSSR count). The fraction of sp³-hybridized carbons (Fsp3) is 0.273. The molecule has 1 aromatic rings. The van der Waals surface area contributed by atoms with Crippen molar-refractivity contribution in [3.8, 4) is 5.75 Å². The monoisotopic (exact) mass is 256 g/mol. The summed E-state index contributed by atoms with van der Waals surface area (Å²) in [6.45, 7) is -0.500. The summed E-state index contributed by atoms with van der Waals surface area (Å²) in [5, 5.41) is 35.5. The van der Waals surface area contributed by atoms with Crippen molar-refractivity contribution in [2.45, 2.75) is 12.2 Å². The highest BCUT2D eigenvalue weighted by molar-refractivity contribution is 5.73. The van der Waals surface area contributed by atoms with Gasteiger partial charge in [0.25, 0.3) is 0 Å². The maximum atomic E-state index is 10.5. The molecule has 0 saturated heterocycles. The Morgan fingerprint density at radius 1 is 1.11 bits per heavy atom. The molecular formula is C11H12O7. The second-order valence-electron chi connectivity index (χ2n) is 3.48. The van der Waals surface area contributed by atoms with Gasteiger partial charge in [-0.2, -0.15) is 0 Å². The van der Waals surface area contributed by atoms with Crippen LogP contribution in [0.1, 0.15) is 11.7 Å². The SMILES string of the molecule is O=C(O)COc1ccc(C(O)C(O)C(=O)O)cc1. The van der Waals surface area contributed by atoms with Crippen LogP contribution in [0.2, 0.25) is 0 Å². The van der Waals surface area contributed by atoms with Crippen LogP contribution < -0.4 is 4.74 Å². The molecule has 1 aromatic carbocycles. The van der Waals surface area contributed by atoms with E-state index in [4.69, 9.17) is 20.1 Å². The number of hydrogen-bond acceptors (Lipinski definition) is 5.